The van der Waals surface area contributed by atoms with Crippen LogP contribution in [0.15, 0.2) is 12.4 Å². The van der Waals surface area contributed by atoms with Gasteiger partial charge in [0.1, 0.15) is 6.04 Å². The van der Waals surface area contributed by atoms with Crippen LogP contribution in [-0.4, -0.2) is 34.8 Å². The lowest BCUT2D eigenvalue weighted by atomic mass is 10.3. The molecule has 0 aromatic heterocycles. The Balaban J connectivity index is 4.25. The Kier molecular flexibility index (Phi) is 3.81. The molecule has 0 aliphatic rings. The smallest absolute Gasteiger partial charge is 0.327 e. The highest BCUT2D eigenvalue weighted by molar-refractivity contribution is 7.80. The Bertz CT molecular complexity index is 172. The third kappa shape index (κ3) is 2.71. The SMILES string of the molecule is C=C(N)N(C)[C@@H](CS)C(=O)O. The van der Waals surface area contributed by atoms with Crippen LogP contribution in [0.5, 0.6) is 0 Å². The van der Waals surface area contributed by atoms with Crippen LogP contribution in [0.2, 0.25) is 0 Å². The number of carboxylic acid groups (broad SMARTS) is 1. The minimum atomic E-state index is -0.950. The van der Waals surface area contributed by atoms with Crippen LogP contribution in [0.4, 0.5) is 0 Å². The molecular weight excluding hydrogens is 164 g/mol. The first kappa shape index (κ1) is 10.2. The van der Waals surface area contributed by atoms with E-state index in [0.29, 0.717) is 0 Å². The Morgan fingerprint density at radius 1 is 1.91 bits per heavy atom. The molecule has 0 aromatic carbocycles. The summed E-state index contributed by atoms with van der Waals surface area (Å²) < 4.78 is 0. The fraction of sp³-hybridized carbons (Fsp3) is 0.500. The molecule has 0 fully saturated rings. The summed E-state index contributed by atoms with van der Waals surface area (Å²) in [5.41, 5.74) is 5.28. The van der Waals surface area contributed by atoms with Gasteiger partial charge in [-0.3, -0.25) is 0 Å². The molecule has 0 spiro atoms. The van der Waals surface area contributed by atoms with Gasteiger partial charge in [0.25, 0.3) is 0 Å². The topological polar surface area (TPSA) is 66.6 Å². The average molecular weight is 176 g/mol. The molecule has 0 radical (unpaired) electrons. The Morgan fingerprint density at radius 3 is 2.45 bits per heavy atom. The van der Waals surface area contributed by atoms with Gasteiger partial charge in [0.15, 0.2) is 0 Å². The molecular formula is C6H12N2O2S. The van der Waals surface area contributed by atoms with Gasteiger partial charge >= 0.3 is 5.97 Å². The molecule has 3 N–H and O–H groups in total. The number of carboxylic acids is 1. The minimum absolute atomic E-state index is 0.210. The van der Waals surface area contributed by atoms with E-state index in [4.69, 9.17) is 10.8 Å². The van der Waals surface area contributed by atoms with Crippen molar-refractivity contribution in [3.05, 3.63) is 12.4 Å². The van der Waals surface area contributed by atoms with Gasteiger partial charge in [-0.1, -0.05) is 6.58 Å². The molecule has 0 rings (SSSR count). The number of thiol groups is 1. The van der Waals surface area contributed by atoms with E-state index in [1.54, 1.807) is 7.05 Å². The van der Waals surface area contributed by atoms with Gasteiger partial charge in [0.2, 0.25) is 0 Å². The van der Waals surface area contributed by atoms with Crippen molar-refractivity contribution in [1.82, 2.24) is 4.90 Å². The maximum atomic E-state index is 10.5. The number of nitrogens with two attached hydrogens (primary N) is 1. The molecule has 1 atom stereocenters. The van der Waals surface area contributed by atoms with E-state index >= 15 is 0 Å². The molecule has 0 saturated carbocycles. The molecule has 64 valence electrons. The molecule has 0 aromatic rings. The summed E-state index contributed by atoms with van der Waals surface area (Å²) >= 11 is 3.87. The zero-order valence-electron chi connectivity index (χ0n) is 6.32. The fourth-order valence-corrected chi connectivity index (χ4v) is 0.968. The highest BCUT2D eigenvalue weighted by atomic mass is 32.1. The molecule has 0 aliphatic heterocycles. The van der Waals surface area contributed by atoms with E-state index < -0.39 is 12.0 Å². The first-order valence-corrected chi connectivity index (χ1v) is 3.64. The molecule has 0 heterocycles. The van der Waals surface area contributed by atoms with Gasteiger partial charge in [-0.05, 0) is 0 Å². The van der Waals surface area contributed by atoms with Gasteiger partial charge in [-0.15, -0.1) is 0 Å². The fourth-order valence-electron chi connectivity index (χ4n) is 0.566. The molecule has 11 heavy (non-hydrogen) atoms. The lowest BCUT2D eigenvalue weighted by Crippen LogP contribution is -2.41. The quantitative estimate of drug-likeness (QED) is 0.516. The van der Waals surface area contributed by atoms with Crippen LogP contribution in [0.3, 0.4) is 0 Å². The highest BCUT2D eigenvalue weighted by Crippen LogP contribution is 2.02. The first-order chi connectivity index (χ1) is 5.00. The maximum Gasteiger partial charge on any atom is 0.327 e. The summed E-state index contributed by atoms with van der Waals surface area (Å²) in [4.78, 5) is 11.9. The Labute approximate surface area is 71.1 Å². The zero-order valence-corrected chi connectivity index (χ0v) is 7.21. The number of hydrogen-bond donors (Lipinski definition) is 3. The molecule has 0 aliphatic carbocycles. The highest BCUT2D eigenvalue weighted by Gasteiger charge is 2.20. The van der Waals surface area contributed by atoms with Gasteiger partial charge in [0, 0.05) is 12.8 Å². The number of aliphatic carboxylic acids is 1. The number of carbonyl (C=O) groups is 1. The molecule has 0 unspecified atom stereocenters. The normalized spacial score (nSPS) is 12.2. The van der Waals surface area contributed by atoms with Crippen molar-refractivity contribution >= 4 is 18.6 Å². The van der Waals surface area contributed by atoms with Crippen molar-refractivity contribution in [2.75, 3.05) is 12.8 Å². The van der Waals surface area contributed by atoms with E-state index in [9.17, 15) is 4.79 Å². The number of hydrogen-bond acceptors (Lipinski definition) is 4. The summed E-state index contributed by atoms with van der Waals surface area (Å²) in [6.07, 6.45) is 0. The lowest BCUT2D eigenvalue weighted by Gasteiger charge is -2.24. The van der Waals surface area contributed by atoms with E-state index in [1.807, 2.05) is 0 Å². The molecule has 0 bridgehead atoms. The van der Waals surface area contributed by atoms with Gasteiger partial charge in [-0.2, -0.15) is 12.6 Å². The van der Waals surface area contributed by atoms with E-state index in [-0.39, 0.29) is 11.6 Å². The third-order valence-electron chi connectivity index (χ3n) is 1.38. The van der Waals surface area contributed by atoms with Crippen LogP contribution in [-0.2, 0) is 4.79 Å². The lowest BCUT2D eigenvalue weighted by molar-refractivity contribution is -0.141. The van der Waals surface area contributed by atoms with Crippen molar-refractivity contribution in [3.63, 3.8) is 0 Å². The second kappa shape index (κ2) is 4.12. The average Bonchev–Trinajstić information content (AvgIpc) is 1.88. The summed E-state index contributed by atoms with van der Waals surface area (Å²) in [5.74, 6) is -0.511. The van der Waals surface area contributed by atoms with Gasteiger partial charge in [-0.25, -0.2) is 4.79 Å². The summed E-state index contributed by atoms with van der Waals surface area (Å²) in [6.45, 7) is 3.41. The largest absolute Gasteiger partial charge is 0.480 e. The van der Waals surface area contributed by atoms with Crippen molar-refractivity contribution in [2.45, 2.75) is 6.04 Å². The van der Waals surface area contributed by atoms with Crippen LogP contribution >= 0.6 is 12.6 Å². The predicted molar refractivity (Wildman–Crippen MR) is 46.4 cm³/mol. The minimum Gasteiger partial charge on any atom is -0.480 e. The number of nitrogens with zero attached hydrogens (tertiary/aromatic N) is 1. The summed E-state index contributed by atoms with van der Waals surface area (Å²) in [5, 5.41) is 8.61. The van der Waals surface area contributed by atoms with Crippen LogP contribution in [0, 0.1) is 0 Å². The van der Waals surface area contributed by atoms with Crippen LogP contribution in [0.25, 0.3) is 0 Å². The third-order valence-corrected chi connectivity index (χ3v) is 1.72. The molecule has 5 heteroatoms. The first-order valence-electron chi connectivity index (χ1n) is 3.01. The van der Waals surface area contributed by atoms with Gasteiger partial charge < -0.3 is 15.7 Å². The number of likely N-dealkylation sites (N-methyl/N-ethyl adjacent to an activating group) is 1. The van der Waals surface area contributed by atoms with E-state index in [2.05, 4.69) is 19.2 Å². The summed E-state index contributed by atoms with van der Waals surface area (Å²) in [6, 6.07) is -0.698. The molecule has 0 saturated heterocycles. The van der Waals surface area contributed by atoms with Crippen LogP contribution < -0.4 is 5.73 Å². The Hall–Kier alpha value is -0.840. The molecule has 4 nitrogen and oxygen atoms in total. The van der Waals surface area contributed by atoms with Crippen molar-refractivity contribution in [2.24, 2.45) is 5.73 Å². The predicted octanol–water partition coefficient (Wildman–Crippen LogP) is -0.269. The second-order valence-electron chi connectivity index (χ2n) is 2.14. The maximum absolute atomic E-state index is 10.5. The van der Waals surface area contributed by atoms with E-state index in [0.717, 1.165) is 0 Å². The van der Waals surface area contributed by atoms with E-state index in [1.165, 1.54) is 4.90 Å². The van der Waals surface area contributed by atoms with Crippen molar-refractivity contribution in [1.29, 1.82) is 0 Å². The van der Waals surface area contributed by atoms with Crippen molar-refractivity contribution < 1.29 is 9.90 Å². The number of rotatable bonds is 4. The second-order valence-corrected chi connectivity index (χ2v) is 2.50. The van der Waals surface area contributed by atoms with Gasteiger partial charge in [0.05, 0.1) is 5.82 Å². The zero-order chi connectivity index (χ0) is 9.02. The summed E-state index contributed by atoms with van der Waals surface area (Å²) in [7, 11) is 1.57. The Morgan fingerprint density at radius 2 is 2.36 bits per heavy atom. The standard InChI is InChI=1S/C6H12N2O2S/c1-4(7)8(2)5(3-11)6(9)10/h5,11H,1,3,7H2,2H3,(H,9,10)/t5-/m0/s1. The van der Waals surface area contributed by atoms with Crippen LogP contribution in [0.1, 0.15) is 0 Å². The molecule has 0 amide bonds. The monoisotopic (exact) mass is 176 g/mol. The van der Waals surface area contributed by atoms with Crippen molar-refractivity contribution in [3.8, 4) is 0 Å².